The molecule has 2 aromatic rings. The number of nitrogens with zero attached hydrogens (tertiary/aromatic N) is 3. The summed E-state index contributed by atoms with van der Waals surface area (Å²) in [5.74, 6) is 0.271. The molecule has 2 aromatic heterocycles. The topological polar surface area (TPSA) is 81.2 Å². The van der Waals surface area contributed by atoms with Crippen LogP contribution in [0.4, 0.5) is 0 Å². The molecule has 0 unspecified atom stereocenters. The Morgan fingerprint density at radius 2 is 2.44 bits per heavy atom. The Balaban J connectivity index is 2.00. The maximum atomic E-state index is 10.6. The first-order valence-electron chi connectivity index (χ1n) is 4.45. The van der Waals surface area contributed by atoms with Gasteiger partial charge in [-0.2, -0.15) is 0 Å². The monoisotopic (exact) mass is 239 g/mol. The van der Waals surface area contributed by atoms with Crippen molar-refractivity contribution in [1.29, 1.82) is 0 Å². The molecule has 0 saturated heterocycles. The Hall–Kier alpha value is -1.76. The van der Waals surface area contributed by atoms with Crippen LogP contribution in [0.3, 0.4) is 0 Å². The normalized spacial score (nSPS) is 10.6. The Morgan fingerprint density at radius 3 is 3.00 bits per heavy atom. The third kappa shape index (κ3) is 2.25. The van der Waals surface area contributed by atoms with Gasteiger partial charge in [0.2, 0.25) is 5.76 Å². The first-order valence-corrected chi connectivity index (χ1v) is 5.44. The van der Waals surface area contributed by atoms with Gasteiger partial charge in [-0.05, 0) is 12.1 Å². The van der Waals surface area contributed by atoms with Crippen LogP contribution in [0.1, 0.15) is 16.4 Å². The summed E-state index contributed by atoms with van der Waals surface area (Å²) in [6.07, 6.45) is 1.61. The molecule has 1 N–H and O–H groups in total. The van der Waals surface area contributed by atoms with Crippen LogP contribution in [0.2, 0.25) is 0 Å². The van der Waals surface area contributed by atoms with Crippen molar-refractivity contribution >= 4 is 17.7 Å². The molecule has 0 fully saturated rings. The number of aromatic carboxylic acids is 1. The van der Waals surface area contributed by atoms with E-state index in [9.17, 15) is 4.79 Å². The van der Waals surface area contributed by atoms with E-state index in [1.165, 1.54) is 17.8 Å². The molecule has 84 valence electrons. The fourth-order valence-electron chi connectivity index (χ4n) is 1.09. The molecule has 0 atom stereocenters. The van der Waals surface area contributed by atoms with Gasteiger partial charge in [0.1, 0.15) is 12.2 Å². The molecular formula is C9H9N3O3S. The Morgan fingerprint density at radius 1 is 1.62 bits per heavy atom. The molecule has 2 heterocycles. The lowest BCUT2D eigenvalue weighted by atomic mass is 10.5. The van der Waals surface area contributed by atoms with Gasteiger partial charge in [0.05, 0.1) is 5.75 Å². The number of aryl methyl sites for hydroxylation is 1. The van der Waals surface area contributed by atoms with Gasteiger partial charge < -0.3 is 14.1 Å². The zero-order valence-corrected chi connectivity index (χ0v) is 9.27. The minimum atomic E-state index is -1.06. The summed E-state index contributed by atoms with van der Waals surface area (Å²) in [7, 11) is 1.85. The second-order valence-electron chi connectivity index (χ2n) is 3.07. The predicted octanol–water partition coefficient (Wildman–Crippen LogP) is 1.40. The number of carbonyl (C=O) groups is 1. The number of furan rings is 1. The SMILES string of the molecule is Cn1cnnc1CSc1ccc(C(=O)O)o1. The number of carboxylic acids is 1. The van der Waals surface area contributed by atoms with E-state index in [2.05, 4.69) is 10.2 Å². The minimum absolute atomic E-state index is 0.0551. The van der Waals surface area contributed by atoms with Crippen molar-refractivity contribution < 1.29 is 14.3 Å². The van der Waals surface area contributed by atoms with Crippen LogP contribution in [0.15, 0.2) is 28.0 Å². The summed E-state index contributed by atoms with van der Waals surface area (Å²) in [4.78, 5) is 10.6. The third-order valence-electron chi connectivity index (χ3n) is 1.94. The molecule has 6 nitrogen and oxygen atoms in total. The van der Waals surface area contributed by atoms with Crippen LogP contribution < -0.4 is 0 Å². The lowest BCUT2D eigenvalue weighted by molar-refractivity contribution is 0.0656. The van der Waals surface area contributed by atoms with Gasteiger partial charge in [-0.3, -0.25) is 0 Å². The zero-order chi connectivity index (χ0) is 11.5. The Kier molecular flexibility index (Phi) is 2.95. The van der Waals surface area contributed by atoms with E-state index in [-0.39, 0.29) is 5.76 Å². The fourth-order valence-corrected chi connectivity index (χ4v) is 1.93. The Bertz CT molecular complexity index is 506. The van der Waals surface area contributed by atoms with Gasteiger partial charge in [0, 0.05) is 7.05 Å². The quantitative estimate of drug-likeness (QED) is 0.812. The molecule has 0 aliphatic carbocycles. The third-order valence-corrected chi connectivity index (χ3v) is 2.85. The van der Waals surface area contributed by atoms with Crippen molar-refractivity contribution in [3.05, 3.63) is 30.0 Å². The maximum Gasteiger partial charge on any atom is 0.371 e. The summed E-state index contributed by atoms with van der Waals surface area (Å²) in [5.41, 5.74) is 0. The van der Waals surface area contributed by atoms with Gasteiger partial charge in [0.25, 0.3) is 0 Å². The van der Waals surface area contributed by atoms with E-state index in [0.29, 0.717) is 10.8 Å². The Labute approximate surface area is 95.3 Å². The number of aromatic nitrogens is 3. The molecule has 0 saturated carbocycles. The second kappa shape index (κ2) is 4.40. The summed E-state index contributed by atoms with van der Waals surface area (Å²) in [6, 6.07) is 3.06. The molecule has 0 amide bonds. The number of carboxylic acid groups (broad SMARTS) is 1. The van der Waals surface area contributed by atoms with Gasteiger partial charge >= 0.3 is 5.97 Å². The molecule has 0 aliphatic rings. The highest BCUT2D eigenvalue weighted by Gasteiger charge is 2.10. The molecule has 0 aromatic carbocycles. The summed E-state index contributed by atoms with van der Waals surface area (Å²) < 4.78 is 6.89. The van der Waals surface area contributed by atoms with Gasteiger partial charge in [0.15, 0.2) is 5.09 Å². The van der Waals surface area contributed by atoms with Crippen LogP contribution in [0.25, 0.3) is 0 Å². The highest BCUT2D eigenvalue weighted by atomic mass is 32.2. The number of thioether (sulfide) groups is 1. The van der Waals surface area contributed by atoms with Gasteiger partial charge in [-0.25, -0.2) is 4.79 Å². The van der Waals surface area contributed by atoms with Crippen molar-refractivity contribution in [3.8, 4) is 0 Å². The van der Waals surface area contributed by atoms with E-state index < -0.39 is 5.97 Å². The summed E-state index contributed by atoms with van der Waals surface area (Å²) in [6.45, 7) is 0. The average molecular weight is 239 g/mol. The molecule has 0 aliphatic heterocycles. The highest BCUT2D eigenvalue weighted by molar-refractivity contribution is 7.98. The van der Waals surface area contributed by atoms with Crippen LogP contribution in [0.5, 0.6) is 0 Å². The fraction of sp³-hybridized carbons (Fsp3) is 0.222. The van der Waals surface area contributed by atoms with E-state index in [1.807, 2.05) is 7.05 Å². The predicted molar refractivity (Wildman–Crippen MR) is 56.2 cm³/mol. The lowest BCUT2D eigenvalue weighted by Crippen LogP contribution is -1.94. The van der Waals surface area contributed by atoms with E-state index in [1.54, 1.807) is 17.0 Å². The van der Waals surface area contributed by atoms with Gasteiger partial charge in [-0.15, -0.1) is 10.2 Å². The highest BCUT2D eigenvalue weighted by Crippen LogP contribution is 2.23. The molecule has 7 heteroatoms. The molecule has 0 bridgehead atoms. The second-order valence-corrected chi connectivity index (χ2v) is 4.05. The largest absolute Gasteiger partial charge is 0.475 e. The van der Waals surface area contributed by atoms with E-state index in [4.69, 9.17) is 9.52 Å². The number of hydrogen-bond donors (Lipinski definition) is 1. The van der Waals surface area contributed by atoms with Crippen LogP contribution >= 0.6 is 11.8 Å². The molecule has 2 rings (SSSR count). The first kappa shape index (κ1) is 10.7. The van der Waals surface area contributed by atoms with Crippen molar-refractivity contribution in [2.24, 2.45) is 7.05 Å². The number of rotatable bonds is 4. The van der Waals surface area contributed by atoms with E-state index in [0.717, 1.165) is 5.82 Å². The summed E-state index contributed by atoms with van der Waals surface area (Å²) in [5, 5.41) is 16.9. The van der Waals surface area contributed by atoms with Crippen LogP contribution in [0, 0.1) is 0 Å². The van der Waals surface area contributed by atoms with Crippen molar-refractivity contribution in [2.45, 2.75) is 10.8 Å². The molecule has 0 spiro atoms. The van der Waals surface area contributed by atoms with Crippen molar-refractivity contribution in [3.63, 3.8) is 0 Å². The van der Waals surface area contributed by atoms with Crippen molar-refractivity contribution in [1.82, 2.24) is 14.8 Å². The average Bonchev–Trinajstić information content (AvgIpc) is 2.83. The first-order chi connectivity index (χ1) is 7.66. The zero-order valence-electron chi connectivity index (χ0n) is 8.45. The summed E-state index contributed by atoms with van der Waals surface area (Å²) >= 11 is 1.38. The standard InChI is InChI=1S/C9H9N3O3S/c1-12-5-10-11-7(12)4-16-8-3-2-6(15-8)9(13)14/h2-3,5H,4H2,1H3,(H,13,14). The number of hydrogen-bond acceptors (Lipinski definition) is 5. The van der Waals surface area contributed by atoms with Crippen molar-refractivity contribution in [2.75, 3.05) is 0 Å². The van der Waals surface area contributed by atoms with E-state index >= 15 is 0 Å². The minimum Gasteiger partial charge on any atom is -0.475 e. The van der Waals surface area contributed by atoms with Gasteiger partial charge in [-0.1, -0.05) is 11.8 Å². The molecule has 16 heavy (non-hydrogen) atoms. The molecule has 0 radical (unpaired) electrons. The smallest absolute Gasteiger partial charge is 0.371 e. The van der Waals surface area contributed by atoms with Crippen LogP contribution in [-0.4, -0.2) is 25.8 Å². The van der Waals surface area contributed by atoms with Crippen LogP contribution in [-0.2, 0) is 12.8 Å². The maximum absolute atomic E-state index is 10.6. The molecular weight excluding hydrogens is 230 g/mol. The lowest BCUT2D eigenvalue weighted by Gasteiger charge is -1.97.